The molecular weight excluding hydrogens is 420 g/mol. The predicted octanol–water partition coefficient (Wildman–Crippen LogP) is 3.55. The van der Waals surface area contributed by atoms with Gasteiger partial charge in [0.2, 0.25) is 0 Å². The molecule has 1 aliphatic heterocycles. The molecule has 0 aromatic heterocycles. The maximum Gasteiger partial charge on any atom is 0.305 e. The van der Waals surface area contributed by atoms with Gasteiger partial charge in [0.15, 0.2) is 5.76 Å². The molecule has 164 valence electrons. The van der Waals surface area contributed by atoms with Crippen molar-refractivity contribution in [3.63, 3.8) is 0 Å². The van der Waals surface area contributed by atoms with Crippen LogP contribution >= 0.6 is 11.6 Å². The summed E-state index contributed by atoms with van der Waals surface area (Å²) in [5.41, 5.74) is 2.29. The van der Waals surface area contributed by atoms with E-state index in [1.807, 2.05) is 38.1 Å². The lowest BCUT2D eigenvalue weighted by Gasteiger charge is -2.15. The highest BCUT2D eigenvalue weighted by Crippen LogP contribution is 2.31. The number of aryl methyl sites for hydroxylation is 1. The summed E-state index contributed by atoms with van der Waals surface area (Å²) >= 11 is 6.26. The van der Waals surface area contributed by atoms with E-state index in [4.69, 9.17) is 26.2 Å². The van der Waals surface area contributed by atoms with E-state index in [1.165, 1.54) is 4.90 Å². The summed E-state index contributed by atoms with van der Waals surface area (Å²) in [7, 11) is 0. The van der Waals surface area contributed by atoms with Crippen molar-refractivity contribution in [2.75, 3.05) is 24.7 Å². The van der Waals surface area contributed by atoms with Crippen LogP contribution in [0.15, 0.2) is 53.2 Å². The monoisotopic (exact) mass is 444 g/mol. The molecule has 8 heteroatoms. The molecule has 1 heterocycles. The van der Waals surface area contributed by atoms with Crippen LogP contribution in [0.5, 0.6) is 5.75 Å². The Balaban J connectivity index is 1.88. The fraction of sp³-hybridized carbons (Fsp3) is 0.304. The number of ether oxygens (including phenoxy) is 2. The first-order valence-corrected chi connectivity index (χ1v) is 10.4. The Morgan fingerprint density at radius 3 is 2.74 bits per heavy atom. The van der Waals surface area contributed by atoms with Gasteiger partial charge in [-0.3, -0.25) is 4.79 Å². The first kappa shape index (κ1) is 22.8. The summed E-state index contributed by atoms with van der Waals surface area (Å²) in [6, 6.07) is 12.8. The third kappa shape index (κ3) is 5.44. The quantitative estimate of drug-likeness (QED) is 0.607. The normalized spacial score (nSPS) is 17.3. The first-order valence-electron chi connectivity index (χ1n) is 10.00. The lowest BCUT2D eigenvalue weighted by atomic mass is 10.1. The van der Waals surface area contributed by atoms with Gasteiger partial charge in [-0.2, -0.15) is 0 Å². The van der Waals surface area contributed by atoms with Crippen LogP contribution in [0.2, 0.25) is 5.02 Å². The van der Waals surface area contributed by atoms with Crippen LogP contribution < -0.4 is 9.64 Å². The fourth-order valence-corrected chi connectivity index (χ4v) is 3.17. The highest BCUT2D eigenvalue weighted by molar-refractivity contribution is 6.32. The standard InChI is InChI=1S/C23H25ClN2O5/c1-3-10-25-23-26(19-7-5-4-6-15(19)2)22(29)21(31-23)12-16-8-9-20(18(24)11-16)30-14-17(28)13-27/h4-9,11-12,17,27-28H,3,10,13-14H2,1-2H3/b21-12-,25-23-/t17-/m1/s1. The summed E-state index contributed by atoms with van der Waals surface area (Å²) in [5.74, 6) is 0.187. The van der Waals surface area contributed by atoms with Gasteiger partial charge >= 0.3 is 11.9 Å². The topological polar surface area (TPSA) is 91.6 Å². The van der Waals surface area contributed by atoms with Crippen molar-refractivity contribution in [3.05, 3.63) is 64.4 Å². The van der Waals surface area contributed by atoms with Gasteiger partial charge in [-0.25, -0.2) is 9.89 Å². The minimum absolute atomic E-state index is 0.0824. The van der Waals surface area contributed by atoms with E-state index >= 15 is 0 Å². The number of carbonyl (C=O) groups is 1. The number of benzene rings is 2. The van der Waals surface area contributed by atoms with Gasteiger partial charge in [-0.15, -0.1) is 0 Å². The number of anilines is 1. The highest BCUT2D eigenvalue weighted by atomic mass is 35.5. The average molecular weight is 445 g/mol. The molecule has 1 saturated heterocycles. The largest absolute Gasteiger partial charge is 0.489 e. The molecule has 0 aliphatic carbocycles. The molecule has 0 bridgehead atoms. The summed E-state index contributed by atoms with van der Waals surface area (Å²) in [5, 5.41) is 18.6. The zero-order valence-corrected chi connectivity index (χ0v) is 18.2. The maximum absolute atomic E-state index is 13.1. The second-order valence-electron chi connectivity index (χ2n) is 7.04. The molecular formula is C23H25ClN2O5. The molecule has 1 aliphatic rings. The zero-order valence-electron chi connectivity index (χ0n) is 17.4. The Kier molecular flexibility index (Phi) is 7.68. The maximum atomic E-state index is 13.1. The Labute approximate surface area is 186 Å². The number of amides is 1. The first-order chi connectivity index (χ1) is 14.9. The Hall–Kier alpha value is -2.87. The SMILES string of the molecule is CCC/N=C1\O/C(=C\c2ccc(OC[C@H](O)CO)c(Cl)c2)C(=O)N1c1ccccc1C. The van der Waals surface area contributed by atoms with Crippen molar-refractivity contribution >= 4 is 35.3 Å². The van der Waals surface area contributed by atoms with E-state index in [1.54, 1.807) is 24.3 Å². The summed E-state index contributed by atoms with van der Waals surface area (Å²) in [4.78, 5) is 19.1. The number of carbonyl (C=O) groups excluding carboxylic acids is 1. The zero-order chi connectivity index (χ0) is 22.4. The van der Waals surface area contributed by atoms with Crippen LogP contribution in [0.4, 0.5) is 5.69 Å². The van der Waals surface area contributed by atoms with Gasteiger partial charge < -0.3 is 19.7 Å². The van der Waals surface area contributed by atoms with Crippen molar-refractivity contribution in [1.29, 1.82) is 0 Å². The summed E-state index contributed by atoms with van der Waals surface area (Å²) < 4.78 is 11.2. The number of aliphatic hydroxyl groups is 2. The van der Waals surface area contributed by atoms with Crippen LogP contribution in [0.3, 0.4) is 0 Å². The molecule has 3 rings (SSSR count). The number of hydrogen-bond donors (Lipinski definition) is 2. The Morgan fingerprint density at radius 1 is 1.29 bits per heavy atom. The van der Waals surface area contributed by atoms with E-state index in [-0.39, 0.29) is 24.3 Å². The number of nitrogens with zero attached hydrogens (tertiary/aromatic N) is 2. The second kappa shape index (κ2) is 10.4. The van der Waals surface area contributed by atoms with Crippen molar-refractivity contribution in [2.45, 2.75) is 26.4 Å². The molecule has 2 N–H and O–H groups in total. The van der Waals surface area contributed by atoms with Crippen LogP contribution in [0.1, 0.15) is 24.5 Å². The smallest absolute Gasteiger partial charge is 0.305 e. The third-order valence-corrected chi connectivity index (χ3v) is 4.82. The molecule has 0 saturated carbocycles. The number of amidine groups is 1. The summed E-state index contributed by atoms with van der Waals surface area (Å²) in [6.45, 7) is 3.98. The molecule has 2 aromatic carbocycles. The Bertz CT molecular complexity index is 1010. The van der Waals surface area contributed by atoms with Gasteiger partial charge in [0.25, 0.3) is 0 Å². The van der Waals surface area contributed by atoms with Gasteiger partial charge in [0.05, 0.1) is 17.3 Å². The fourth-order valence-electron chi connectivity index (χ4n) is 2.93. The third-order valence-electron chi connectivity index (χ3n) is 4.53. The number of hydrogen-bond acceptors (Lipinski definition) is 6. The minimum Gasteiger partial charge on any atom is -0.489 e. The molecule has 1 fully saturated rings. The molecule has 0 spiro atoms. The molecule has 2 aromatic rings. The molecule has 0 radical (unpaired) electrons. The average Bonchev–Trinajstić information content (AvgIpc) is 3.06. The van der Waals surface area contributed by atoms with Gasteiger partial charge in [-0.05, 0) is 48.7 Å². The second-order valence-corrected chi connectivity index (χ2v) is 7.45. The lowest BCUT2D eigenvalue weighted by Crippen LogP contribution is -2.30. The van der Waals surface area contributed by atoms with Gasteiger partial charge in [0.1, 0.15) is 18.5 Å². The van der Waals surface area contributed by atoms with Crippen molar-refractivity contribution in [1.82, 2.24) is 0 Å². The Morgan fingerprint density at radius 2 is 2.06 bits per heavy atom. The van der Waals surface area contributed by atoms with Crippen LogP contribution in [0, 0.1) is 6.92 Å². The predicted molar refractivity (Wildman–Crippen MR) is 120 cm³/mol. The van der Waals surface area contributed by atoms with Gasteiger partial charge in [-0.1, -0.05) is 42.8 Å². The van der Waals surface area contributed by atoms with Crippen LogP contribution in [0.25, 0.3) is 6.08 Å². The van der Waals surface area contributed by atoms with E-state index < -0.39 is 12.7 Å². The number of para-hydroxylation sites is 1. The van der Waals surface area contributed by atoms with Crippen molar-refractivity contribution in [3.8, 4) is 5.75 Å². The lowest BCUT2D eigenvalue weighted by molar-refractivity contribution is -0.114. The van der Waals surface area contributed by atoms with E-state index in [0.29, 0.717) is 22.9 Å². The summed E-state index contributed by atoms with van der Waals surface area (Å²) in [6.07, 6.45) is 1.43. The number of rotatable bonds is 8. The van der Waals surface area contributed by atoms with E-state index in [2.05, 4.69) is 4.99 Å². The number of aliphatic hydroxyl groups excluding tert-OH is 2. The molecule has 7 nitrogen and oxygen atoms in total. The number of aliphatic imine (C=N–C) groups is 1. The van der Waals surface area contributed by atoms with Crippen LogP contribution in [-0.4, -0.2) is 48.0 Å². The molecule has 1 atom stereocenters. The minimum atomic E-state index is -0.990. The van der Waals surface area contributed by atoms with Crippen molar-refractivity contribution in [2.24, 2.45) is 4.99 Å². The number of halogens is 1. The molecule has 31 heavy (non-hydrogen) atoms. The molecule has 1 amide bonds. The van der Waals surface area contributed by atoms with Crippen molar-refractivity contribution < 1.29 is 24.5 Å². The van der Waals surface area contributed by atoms with Crippen LogP contribution in [-0.2, 0) is 9.53 Å². The van der Waals surface area contributed by atoms with E-state index in [0.717, 1.165) is 17.7 Å². The van der Waals surface area contributed by atoms with Gasteiger partial charge in [0, 0.05) is 6.54 Å². The van der Waals surface area contributed by atoms with E-state index in [9.17, 15) is 9.90 Å². The highest BCUT2D eigenvalue weighted by Gasteiger charge is 2.36. The molecule has 0 unspecified atom stereocenters.